The molecule has 0 bridgehead atoms. The summed E-state index contributed by atoms with van der Waals surface area (Å²) in [6.07, 6.45) is -3.12. The number of nitrogens with one attached hydrogen (secondary N) is 1. The van der Waals surface area contributed by atoms with Gasteiger partial charge >= 0.3 is 12.3 Å². The van der Waals surface area contributed by atoms with Crippen LogP contribution in [0.15, 0.2) is 18.2 Å². The number of halogens is 2. The second-order valence-corrected chi connectivity index (χ2v) is 4.63. The first-order valence-corrected chi connectivity index (χ1v) is 6.20. The summed E-state index contributed by atoms with van der Waals surface area (Å²) in [4.78, 5) is 10.5. The van der Waals surface area contributed by atoms with Gasteiger partial charge in [0, 0.05) is 24.6 Å². The molecule has 2 N–H and O–H groups in total. The number of benzene rings is 1. The molecule has 20 heavy (non-hydrogen) atoms. The smallest absolute Gasteiger partial charge is 0.481 e. The molecule has 1 aliphatic heterocycles. The Morgan fingerprint density at radius 3 is 2.90 bits per heavy atom. The van der Waals surface area contributed by atoms with E-state index < -0.39 is 12.3 Å². The van der Waals surface area contributed by atoms with Crippen LogP contribution in [0.25, 0.3) is 0 Å². The van der Waals surface area contributed by atoms with Gasteiger partial charge in [-0.2, -0.15) is 0 Å². The number of ether oxygens (including phenoxy) is 2. The number of rotatable bonds is 6. The lowest BCUT2D eigenvalue weighted by molar-refractivity contribution is -0.287. The summed E-state index contributed by atoms with van der Waals surface area (Å²) in [5.41, 5.74) is 0.543. The van der Waals surface area contributed by atoms with Crippen molar-refractivity contribution in [2.45, 2.75) is 38.6 Å². The number of alkyl halides is 2. The second-order valence-electron chi connectivity index (χ2n) is 4.63. The van der Waals surface area contributed by atoms with Gasteiger partial charge in [0.25, 0.3) is 0 Å². The number of hydrogen-bond acceptors (Lipinski definition) is 4. The van der Waals surface area contributed by atoms with Gasteiger partial charge in [-0.1, -0.05) is 12.1 Å². The van der Waals surface area contributed by atoms with E-state index in [0.29, 0.717) is 18.5 Å². The first-order valence-electron chi connectivity index (χ1n) is 6.20. The fourth-order valence-corrected chi connectivity index (χ4v) is 1.89. The van der Waals surface area contributed by atoms with E-state index in [-0.39, 0.29) is 24.0 Å². The predicted molar refractivity (Wildman–Crippen MR) is 65.8 cm³/mol. The number of hydrogen-bond donors (Lipinski definition) is 2. The van der Waals surface area contributed by atoms with E-state index in [4.69, 9.17) is 5.11 Å². The molecule has 1 unspecified atom stereocenters. The van der Waals surface area contributed by atoms with Crippen LogP contribution in [0, 0.1) is 0 Å². The van der Waals surface area contributed by atoms with Crippen LogP contribution in [-0.4, -0.2) is 23.4 Å². The molecule has 1 aromatic rings. The van der Waals surface area contributed by atoms with E-state index in [1.807, 2.05) is 6.92 Å². The van der Waals surface area contributed by atoms with E-state index in [1.165, 1.54) is 6.07 Å². The maximum absolute atomic E-state index is 13.0. The normalized spacial score (nSPS) is 16.9. The number of carbonyl (C=O) groups is 1. The van der Waals surface area contributed by atoms with Crippen LogP contribution in [-0.2, 0) is 11.3 Å². The molecule has 1 aliphatic rings. The third-order valence-electron chi connectivity index (χ3n) is 2.94. The standard InChI is InChI=1S/C13H15F2NO4/c1-8(5-6-11(17)18)16-7-9-3-2-4-10-12(9)20-13(14,15)19-10/h2-4,8,16H,5-7H2,1H3,(H,17,18). The SMILES string of the molecule is CC(CCC(=O)O)NCc1cccc2c1OC(F)(F)O2. The van der Waals surface area contributed by atoms with E-state index in [1.54, 1.807) is 12.1 Å². The Balaban J connectivity index is 1.95. The lowest BCUT2D eigenvalue weighted by atomic mass is 10.1. The van der Waals surface area contributed by atoms with Gasteiger partial charge in [0.15, 0.2) is 11.5 Å². The number of fused-ring (bicyclic) bond motifs is 1. The van der Waals surface area contributed by atoms with Crippen molar-refractivity contribution in [3.05, 3.63) is 23.8 Å². The Labute approximate surface area is 114 Å². The number of aliphatic carboxylic acids is 1. The quantitative estimate of drug-likeness (QED) is 0.840. The molecule has 7 heteroatoms. The number of para-hydroxylation sites is 1. The maximum atomic E-state index is 13.0. The topological polar surface area (TPSA) is 67.8 Å². The summed E-state index contributed by atoms with van der Waals surface area (Å²) in [5, 5.41) is 11.7. The predicted octanol–water partition coefficient (Wildman–Crippen LogP) is 2.35. The van der Waals surface area contributed by atoms with Crippen molar-refractivity contribution in [1.29, 1.82) is 0 Å². The molecule has 0 radical (unpaired) electrons. The average molecular weight is 287 g/mol. The Hall–Kier alpha value is -1.89. The van der Waals surface area contributed by atoms with Crippen molar-refractivity contribution in [1.82, 2.24) is 5.32 Å². The summed E-state index contributed by atoms with van der Waals surface area (Å²) < 4.78 is 34.8. The van der Waals surface area contributed by atoms with Crippen LogP contribution in [0.1, 0.15) is 25.3 Å². The molecule has 0 aromatic heterocycles. The fourth-order valence-electron chi connectivity index (χ4n) is 1.89. The fraction of sp³-hybridized carbons (Fsp3) is 0.462. The highest BCUT2D eigenvalue weighted by molar-refractivity contribution is 5.66. The van der Waals surface area contributed by atoms with Gasteiger partial charge in [0.1, 0.15) is 0 Å². The lowest BCUT2D eigenvalue weighted by Crippen LogP contribution is -2.27. The highest BCUT2D eigenvalue weighted by atomic mass is 19.3. The van der Waals surface area contributed by atoms with E-state index in [2.05, 4.69) is 14.8 Å². The van der Waals surface area contributed by atoms with Gasteiger partial charge in [-0.3, -0.25) is 4.79 Å². The molecule has 1 aromatic carbocycles. The number of carboxylic acids is 1. The summed E-state index contributed by atoms with van der Waals surface area (Å²) >= 11 is 0. The molecule has 1 atom stereocenters. The monoisotopic (exact) mass is 287 g/mol. The van der Waals surface area contributed by atoms with Crippen molar-refractivity contribution in [3.63, 3.8) is 0 Å². The zero-order valence-electron chi connectivity index (χ0n) is 10.9. The highest BCUT2D eigenvalue weighted by Gasteiger charge is 2.44. The van der Waals surface area contributed by atoms with Crippen molar-refractivity contribution in [3.8, 4) is 11.5 Å². The zero-order chi connectivity index (χ0) is 14.8. The van der Waals surface area contributed by atoms with Gasteiger partial charge in [-0.15, -0.1) is 8.78 Å². The lowest BCUT2D eigenvalue weighted by Gasteiger charge is -2.13. The van der Waals surface area contributed by atoms with Gasteiger partial charge in [0.05, 0.1) is 0 Å². The number of carboxylic acid groups (broad SMARTS) is 1. The second kappa shape index (κ2) is 5.62. The molecule has 0 fully saturated rings. The van der Waals surface area contributed by atoms with Gasteiger partial charge in [0.2, 0.25) is 0 Å². The van der Waals surface area contributed by atoms with Gasteiger partial charge in [-0.05, 0) is 19.4 Å². The summed E-state index contributed by atoms with van der Waals surface area (Å²) in [6.45, 7) is 2.13. The summed E-state index contributed by atoms with van der Waals surface area (Å²) in [6, 6.07) is 4.61. The highest BCUT2D eigenvalue weighted by Crippen LogP contribution is 2.43. The molecular formula is C13H15F2NO4. The Morgan fingerprint density at radius 2 is 2.20 bits per heavy atom. The minimum atomic E-state index is -3.63. The van der Waals surface area contributed by atoms with E-state index >= 15 is 0 Å². The third kappa shape index (κ3) is 3.57. The molecule has 0 aliphatic carbocycles. The van der Waals surface area contributed by atoms with Crippen LogP contribution in [0.4, 0.5) is 8.78 Å². The Morgan fingerprint density at radius 1 is 1.45 bits per heavy atom. The first-order chi connectivity index (χ1) is 9.37. The van der Waals surface area contributed by atoms with E-state index in [9.17, 15) is 13.6 Å². The molecule has 5 nitrogen and oxygen atoms in total. The van der Waals surface area contributed by atoms with E-state index in [0.717, 1.165) is 0 Å². The van der Waals surface area contributed by atoms with Gasteiger partial charge < -0.3 is 19.9 Å². The molecule has 2 rings (SSSR count). The maximum Gasteiger partial charge on any atom is 0.586 e. The van der Waals surface area contributed by atoms with Crippen molar-refractivity contribution in [2.75, 3.05) is 0 Å². The van der Waals surface area contributed by atoms with Crippen LogP contribution in [0.3, 0.4) is 0 Å². The molecule has 0 saturated heterocycles. The summed E-state index contributed by atoms with van der Waals surface area (Å²) in [5.74, 6) is -0.835. The minimum Gasteiger partial charge on any atom is -0.481 e. The van der Waals surface area contributed by atoms with Crippen LogP contribution < -0.4 is 14.8 Å². The molecule has 0 saturated carbocycles. The third-order valence-corrected chi connectivity index (χ3v) is 2.94. The largest absolute Gasteiger partial charge is 0.586 e. The van der Waals surface area contributed by atoms with Crippen LogP contribution in [0.2, 0.25) is 0 Å². The molecule has 1 heterocycles. The molecule has 0 amide bonds. The van der Waals surface area contributed by atoms with Crippen LogP contribution >= 0.6 is 0 Å². The molecule has 110 valence electrons. The average Bonchev–Trinajstić information content (AvgIpc) is 2.68. The van der Waals surface area contributed by atoms with Gasteiger partial charge in [-0.25, -0.2) is 0 Å². The van der Waals surface area contributed by atoms with Crippen LogP contribution in [0.5, 0.6) is 11.5 Å². The zero-order valence-corrected chi connectivity index (χ0v) is 10.9. The van der Waals surface area contributed by atoms with Crippen molar-refractivity contribution in [2.24, 2.45) is 0 Å². The first kappa shape index (κ1) is 14.5. The van der Waals surface area contributed by atoms with Crippen molar-refractivity contribution >= 4 is 5.97 Å². The molecular weight excluding hydrogens is 272 g/mol. The molecule has 0 spiro atoms. The Kier molecular flexibility index (Phi) is 4.08. The summed E-state index contributed by atoms with van der Waals surface area (Å²) in [7, 11) is 0. The van der Waals surface area contributed by atoms with Crippen molar-refractivity contribution < 1.29 is 28.2 Å². The Bertz CT molecular complexity index is 507. The minimum absolute atomic E-state index is 0.00693.